The van der Waals surface area contributed by atoms with Crippen molar-refractivity contribution in [2.45, 2.75) is 31.7 Å². The molecule has 20 heavy (non-hydrogen) atoms. The fourth-order valence-corrected chi connectivity index (χ4v) is 4.36. The minimum absolute atomic E-state index is 0.379. The van der Waals surface area contributed by atoms with E-state index in [1.54, 1.807) is 0 Å². The summed E-state index contributed by atoms with van der Waals surface area (Å²) in [5, 5.41) is 6.62. The Morgan fingerprint density at radius 1 is 1.25 bits per heavy atom. The molecule has 1 aromatic carbocycles. The van der Waals surface area contributed by atoms with Crippen LogP contribution in [0, 0.1) is 5.92 Å². The summed E-state index contributed by atoms with van der Waals surface area (Å²) in [4.78, 5) is 1.41. The zero-order valence-corrected chi connectivity index (χ0v) is 14.3. The summed E-state index contributed by atoms with van der Waals surface area (Å²) in [6.07, 6.45) is 5.31. The van der Waals surface area contributed by atoms with Crippen molar-refractivity contribution < 1.29 is 0 Å². The zero-order valence-electron chi connectivity index (χ0n) is 11.1. The number of hydrogen-bond acceptors (Lipinski definition) is 2. The van der Waals surface area contributed by atoms with Gasteiger partial charge in [0.1, 0.15) is 0 Å². The predicted molar refractivity (Wildman–Crippen MR) is 91.8 cm³/mol. The number of hydrogen-bond donors (Lipinski definition) is 1. The van der Waals surface area contributed by atoms with Crippen molar-refractivity contribution in [1.82, 2.24) is 0 Å². The van der Waals surface area contributed by atoms with E-state index in [0.29, 0.717) is 12.0 Å². The first-order chi connectivity index (χ1) is 9.74. The Morgan fingerprint density at radius 2 is 2.05 bits per heavy atom. The molecule has 1 aliphatic carbocycles. The van der Waals surface area contributed by atoms with Crippen molar-refractivity contribution in [3.63, 3.8) is 0 Å². The van der Waals surface area contributed by atoms with Crippen LogP contribution in [-0.2, 0) is 0 Å². The largest absolute Gasteiger partial charge is 0.376 e. The van der Waals surface area contributed by atoms with Crippen molar-refractivity contribution in [3.8, 4) is 0 Å². The average Bonchev–Trinajstić information content (AvgIpc) is 3.12. The van der Waals surface area contributed by atoms with E-state index >= 15 is 0 Å². The molecule has 106 valence electrons. The molecule has 0 saturated heterocycles. The summed E-state index contributed by atoms with van der Waals surface area (Å²) in [7, 11) is 0. The molecule has 0 spiro atoms. The molecule has 1 atom stereocenters. The van der Waals surface area contributed by atoms with Gasteiger partial charge in [-0.1, -0.05) is 46.4 Å². The van der Waals surface area contributed by atoms with Gasteiger partial charge in [-0.25, -0.2) is 0 Å². The Labute approximate surface area is 137 Å². The summed E-state index contributed by atoms with van der Waals surface area (Å²) in [6, 6.07) is 10.7. The van der Waals surface area contributed by atoms with Crippen LogP contribution in [0.4, 0.5) is 5.69 Å². The second-order valence-electron chi connectivity index (χ2n) is 5.31. The molecule has 1 heterocycles. The second kappa shape index (κ2) is 6.50. The Bertz CT molecular complexity index is 564. The fraction of sp³-hybridized carbons (Fsp3) is 0.375. The van der Waals surface area contributed by atoms with Crippen molar-refractivity contribution >= 4 is 44.6 Å². The topological polar surface area (TPSA) is 12.0 Å². The van der Waals surface area contributed by atoms with Gasteiger partial charge in [-0.3, -0.25) is 0 Å². The third-order valence-corrected chi connectivity index (χ3v) is 5.74. The van der Waals surface area contributed by atoms with Gasteiger partial charge in [-0.05, 0) is 48.4 Å². The first-order valence-corrected chi connectivity index (χ1v) is 9.04. The quantitative estimate of drug-likeness (QED) is 0.647. The zero-order chi connectivity index (χ0) is 13.9. The molecule has 1 unspecified atom stereocenters. The van der Waals surface area contributed by atoms with Gasteiger partial charge in [0.05, 0.1) is 16.8 Å². The van der Waals surface area contributed by atoms with Crippen LogP contribution in [0.15, 0.2) is 40.2 Å². The smallest absolute Gasteiger partial charge is 0.0638 e. The third kappa shape index (κ3) is 3.21. The van der Waals surface area contributed by atoms with Crippen LogP contribution in [0.3, 0.4) is 0 Å². The van der Waals surface area contributed by atoms with Crippen LogP contribution in [-0.4, -0.2) is 0 Å². The number of anilines is 1. The lowest BCUT2D eigenvalue weighted by Gasteiger charge is -2.25. The van der Waals surface area contributed by atoms with Gasteiger partial charge in [0.25, 0.3) is 0 Å². The Morgan fingerprint density at radius 3 is 2.75 bits per heavy atom. The van der Waals surface area contributed by atoms with E-state index < -0.39 is 0 Å². The van der Waals surface area contributed by atoms with E-state index in [0.717, 1.165) is 15.2 Å². The maximum atomic E-state index is 6.33. The number of benzene rings is 1. The molecule has 0 aliphatic heterocycles. The summed E-state index contributed by atoms with van der Waals surface area (Å²) < 4.78 is 1.06. The maximum Gasteiger partial charge on any atom is 0.0638 e. The predicted octanol–water partition coefficient (Wildman–Crippen LogP) is 6.51. The van der Waals surface area contributed by atoms with Gasteiger partial charge in [-0.2, -0.15) is 0 Å². The molecule has 2 aromatic rings. The number of halogens is 2. The Kier molecular flexibility index (Phi) is 4.69. The van der Waals surface area contributed by atoms with Crippen molar-refractivity contribution in [2.75, 3.05) is 5.32 Å². The second-order valence-corrected chi connectivity index (χ2v) is 7.61. The first kappa shape index (κ1) is 14.4. The molecule has 0 bridgehead atoms. The molecule has 4 heteroatoms. The molecular weight excluding hydrogens is 354 g/mol. The first-order valence-electron chi connectivity index (χ1n) is 6.99. The molecule has 1 nitrogen and oxygen atoms in total. The summed E-state index contributed by atoms with van der Waals surface area (Å²) in [5.41, 5.74) is 1.02. The molecule has 1 fully saturated rings. The fourth-order valence-electron chi connectivity index (χ4n) is 2.96. The highest BCUT2D eigenvalue weighted by atomic mass is 79.9. The average molecular weight is 371 g/mol. The molecule has 1 saturated carbocycles. The molecule has 1 aliphatic rings. The summed E-state index contributed by atoms with van der Waals surface area (Å²) >= 11 is 11.7. The van der Waals surface area contributed by atoms with Gasteiger partial charge in [0, 0.05) is 9.35 Å². The lowest BCUT2D eigenvalue weighted by Crippen LogP contribution is -2.18. The van der Waals surface area contributed by atoms with E-state index in [1.165, 1.54) is 30.6 Å². The maximum absolute atomic E-state index is 6.33. The normalized spacial score (nSPS) is 17.3. The van der Waals surface area contributed by atoms with Crippen LogP contribution in [0.1, 0.15) is 36.6 Å². The van der Waals surface area contributed by atoms with Crippen molar-refractivity contribution in [2.24, 2.45) is 5.92 Å². The van der Waals surface area contributed by atoms with Gasteiger partial charge in [-0.15, -0.1) is 11.3 Å². The highest BCUT2D eigenvalue weighted by molar-refractivity contribution is 9.10. The van der Waals surface area contributed by atoms with Gasteiger partial charge >= 0.3 is 0 Å². The minimum Gasteiger partial charge on any atom is -0.376 e. The molecule has 0 radical (unpaired) electrons. The molecular formula is C16H17BrClNS. The monoisotopic (exact) mass is 369 g/mol. The summed E-state index contributed by atoms with van der Waals surface area (Å²) in [5.74, 6) is 0.712. The van der Waals surface area contributed by atoms with Crippen LogP contribution >= 0.6 is 38.9 Å². The Balaban J connectivity index is 1.88. The van der Waals surface area contributed by atoms with Crippen molar-refractivity contribution in [3.05, 3.63) is 50.1 Å². The van der Waals surface area contributed by atoms with Crippen LogP contribution in [0.2, 0.25) is 5.02 Å². The molecule has 0 amide bonds. The number of nitrogens with one attached hydrogen (secondary N) is 1. The van der Waals surface area contributed by atoms with E-state index in [9.17, 15) is 0 Å². The molecule has 1 N–H and O–H groups in total. The highest BCUT2D eigenvalue weighted by Gasteiger charge is 2.27. The molecule has 1 aromatic heterocycles. The van der Waals surface area contributed by atoms with Crippen LogP contribution < -0.4 is 5.32 Å². The third-order valence-electron chi connectivity index (χ3n) is 3.96. The SMILES string of the molecule is Clc1ccc(Br)cc1NC(c1cccs1)C1CCCC1. The van der Waals surface area contributed by atoms with Gasteiger partial charge < -0.3 is 5.32 Å². The summed E-state index contributed by atoms with van der Waals surface area (Å²) in [6.45, 7) is 0. The highest BCUT2D eigenvalue weighted by Crippen LogP contribution is 2.40. The van der Waals surface area contributed by atoms with E-state index in [2.05, 4.69) is 44.8 Å². The Hall–Kier alpha value is -0.510. The van der Waals surface area contributed by atoms with Crippen LogP contribution in [0.5, 0.6) is 0 Å². The lowest BCUT2D eigenvalue weighted by molar-refractivity contribution is 0.475. The van der Waals surface area contributed by atoms with Crippen LogP contribution in [0.25, 0.3) is 0 Å². The van der Waals surface area contributed by atoms with Gasteiger partial charge in [0.2, 0.25) is 0 Å². The molecule has 3 rings (SSSR count). The van der Waals surface area contributed by atoms with E-state index in [-0.39, 0.29) is 0 Å². The van der Waals surface area contributed by atoms with E-state index in [4.69, 9.17) is 11.6 Å². The standard InChI is InChI=1S/C16H17BrClNS/c17-12-7-8-13(18)14(10-12)19-16(11-4-1-2-5-11)15-6-3-9-20-15/h3,6-11,16,19H,1-2,4-5H2. The van der Waals surface area contributed by atoms with Crippen molar-refractivity contribution in [1.29, 1.82) is 0 Å². The number of thiophene rings is 1. The minimum atomic E-state index is 0.379. The number of rotatable bonds is 4. The van der Waals surface area contributed by atoms with E-state index in [1.807, 2.05) is 23.5 Å². The lowest BCUT2D eigenvalue weighted by atomic mass is 9.96. The van der Waals surface area contributed by atoms with Gasteiger partial charge in [0.15, 0.2) is 0 Å².